The monoisotopic (exact) mass is 254 g/mol. The summed E-state index contributed by atoms with van der Waals surface area (Å²) in [6, 6.07) is 0. The second-order valence-corrected chi connectivity index (χ2v) is 5.96. The Balaban J connectivity index is 2.30. The normalized spacial score (nSPS) is 20.8. The number of hydrogen-bond acceptors (Lipinski definition) is 2. The lowest BCUT2D eigenvalue weighted by Crippen LogP contribution is -2.50. The zero-order valence-electron chi connectivity index (χ0n) is 12.9. The van der Waals surface area contributed by atoms with Gasteiger partial charge < -0.3 is 10.2 Å². The number of unbranched alkanes of at least 4 members (excludes halogenated alkanes) is 4. The van der Waals surface area contributed by atoms with Gasteiger partial charge in [-0.05, 0) is 45.3 Å². The van der Waals surface area contributed by atoms with E-state index in [0.717, 1.165) is 0 Å². The van der Waals surface area contributed by atoms with E-state index in [1.165, 1.54) is 77.5 Å². The molecule has 0 aromatic carbocycles. The molecule has 0 aromatic heterocycles. The van der Waals surface area contributed by atoms with Crippen LogP contribution in [0.4, 0.5) is 0 Å². The summed E-state index contributed by atoms with van der Waals surface area (Å²) in [6.07, 6.45) is 10.8. The third kappa shape index (κ3) is 5.27. The highest BCUT2D eigenvalue weighted by molar-refractivity contribution is 4.90. The van der Waals surface area contributed by atoms with Crippen LogP contribution in [0.1, 0.15) is 72.1 Å². The van der Waals surface area contributed by atoms with Crippen LogP contribution >= 0.6 is 0 Å². The van der Waals surface area contributed by atoms with E-state index in [-0.39, 0.29) is 0 Å². The minimum Gasteiger partial charge on any atom is -0.310 e. The van der Waals surface area contributed by atoms with Gasteiger partial charge in [0.1, 0.15) is 0 Å². The fourth-order valence-electron chi connectivity index (χ4n) is 3.07. The van der Waals surface area contributed by atoms with Crippen molar-refractivity contribution in [3.05, 3.63) is 0 Å². The van der Waals surface area contributed by atoms with Gasteiger partial charge in [-0.1, -0.05) is 46.5 Å². The zero-order chi connectivity index (χ0) is 13.3. The largest absolute Gasteiger partial charge is 0.310 e. The average molecular weight is 254 g/mol. The van der Waals surface area contributed by atoms with Crippen molar-refractivity contribution in [2.75, 3.05) is 26.2 Å². The van der Waals surface area contributed by atoms with Crippen molar-refractivity contribution in [3.8, 4) is 0 Å². The Kier molecular flexibility index (Phi) is 7.92. The smallest absolute Gasteiger partial charge is 0.0303 e. The molecule has 0 radical (unpaired) electrons. The maximum absolute atomic E-state index is 3.79. The molecule has 0 saturated carbocycles. The van der Waals surface area contributed by atoms with Crippen LogP contribution in [0, 0.1) is 0 Å². The summed E-state index contributed by atoms with van der Waals surface area (Å²) in [5.74, 6) is 0. The van der Waals surface area contributed by atoms with Crippen LogP contribution in [0.2, 0.25) is 0 Å². The van der Waals surface area contributed by atoms with Gasteiger partial charge >= 0.3 is 0 Å². The molecule has 0 aromatic rings. The standard InChI is InChI=1S/C16H34N2/c1-4-7-8-9-10-13-18-14-11-12-17-16(5-2,6-3)15-18/h17H,4-15H2,1-3H3. The van der Waals surface area contributed by atoms with Crippen molar-refractivity contribution in [1.82, 2.24) is 10.2 Å². The van der Waals surface area contributed by atoms with Gasteiger partial charge in [0.05, 0.1) is 0 Å². The first-order chi connectivity index (χ1) is 8.76. The molecule has 0 amide bonds. The molecule has 1 aliphatic rings. The van der Waals surface area contributed by atoms with Crippen molar-refractivity contribution in [2.24, 2.45) is 0 Å². The molecule has 1 aliphatic heterocycles. The fraction of sp³-hybridized carbons (Fsp3) is 1.00. The SMILES string of the molecule is CCCCCCCN1CCCNC(CC)(CC)C1. The maximum Gasteiger partial charge on any atom is 0.0303 e. The second kappa shape index (κ2) is 8.92. The minimum absolute atomic E-state index is 0.389. The van der Waals surface area contributed by atoms with E-state index in [2.05, 4.69) is 31.0 Å². The molecule has 18 heavy (non-hydrogen) atoms. The first-order valence-electron chi connectivity index (χ1n) is 8.23. The van der Waals surface area contributed by atoms with Crippen molar-refractivity contribution in [2.45, 2.75) is 77.7 Å². The summed E-state index contributed by atoms with van der Waals surface area (Å²) in [7, 11) is 0. The van der Waals surface area contributed by atoms with Gasteiger partial charge in [0.25, 0.3) is 0 Å². The molecule has 108 valence electrons. The molecule has 1 rings (SSSR count). The van der Waals surface area contributed by atoms with Crippen molar-refractivity contribution >= 4 is 0 Å². The Morgan fingerprint density at radius 3 is 2.39 bits per heavy atom. The van der Waals surface area contributed by atoms with Gasteiger partial charge in [0, 0.05) is 12.1 Å². The summed E-state index contributed by atoms with van der Waals surface area (Å²) in [4.78, 5) is 2.71. The van der Waals surface area contributed by atoms with Crippen LogP contribution in [0.25, 0.3) is 0 Å². The molecular weight excluding hydrogens is 220 g/mol. The zero-order valence-corrected chi connectivity index (χ0v) is 12.9. The van der Waals surface area contributed by atoms with Gasteiger partial charge in [0.2, 0.25) is 0 Å². The summed E-state index contributed by atoms with van der Waals surface area (Å²) < 4.78 is 0. The van der Waals surface area contributed by atoms with Gasteiger partial charge in [0.15, 0.2) is 0 Å². The average Bonchev–Trinajstić information content (AvgIpc) is 2.61. The van der Waals surface area contributed by atoms with Crippen molar-refractivity contribution in [3.63, 3.8) is 0 Å². The molecule has 1 N–H and O–H groups in total. The summed E-state index contributed by atoms with van der Waals surface area (Å²) in [5.41, 5.74) is 0.389. The fourth-order valence-corrected chi connectivity index (χ4v) is 3.07. The highest BCUT2D eigenvalue weighted by atomic mass is 15.2. The molecule has 1 fully saturated rings. The quantitative estimate of drug-likeness (QED) is 0.663. The summed E-state index contributed by atoms with van der Waals surface area (Å²) >= 11 is 0. The lowest BCUT2D eigenvalue weighted by molar-refractivity contribution is 0.194. The van der Waals surface area contributed by atoms with E-state index in [1.807, 2.05) is 0 Å². The lowest BCUT2D eigenvalue weighted by atomic mass is 9.92. The second-order valence-electron chi connectivity index (χ2n) is 5.96. The van der Waals surface area contributed by atoms with Crippen LogP contribution in [-0.4, -0.2) is 36.6 Å². The van der Waals surface area contributed by atoms with Crippen LogP contribution in [0.5, 0.6) is 0 Å². The van der Waals surface area contributed by atoms with Crippen molar-refractivity contribution in [1.29, 1.82) is 0 Å². The van der Waals surface area contributed by atoms with Crippen molar-refractivity contribution < 1.29 is 0 Å². The van der Waals surface area contributed by atoms with E-state index in [0.29, 0.717) is 5.54 Å². The Labute approximate surface area is 115 Å². The number of hydrogen-bond donors (Lipinski definition) is 1. The molecule has 0 aliphatic carbocycles. The minimum atomic E-state index is 0.389. The van der Waals surface area contributed by atoms with Crippen LogP contribution < -0.4 is 5.32 Å². The Bertz CT molecular complexity index is 199. The Morgan fingerprint density at radius 2 is 1.72 bits per heavy atom. The lowest BCUT2D eigenvalue weighted by Gasteiger charge is -2.35. The van der Waals surface area contributed by atoms with Crippen LogP contribution in [0.15, 0.2) is 0 Å². The van der Waals surface area contributed by atoms with Crippen LogP contribution in [-0.2, 0) is 0 Å². The number of rotatable bonds is 8. The van der Waals surface area contributed by atoms with Gasteiger partial charge in [-0.25, -0.2) is 0 Å². The molecule has 2 nitrogen and oxygen atoms in total. The maximum atomic E-state index is 3.79. The molecule has 0 spiro atoms. The molecular formula is C16H34N2. The number of nitrogens with one attached hydrogen (secondary N) is 1. The highest BCUT2D eigenvalue weighted by Gasteiger charge is 2.29. The first kappa shape index (κ1) is 16.0. The molecule has 1 saturated heterocycles. The molecule has 0 bridgehead atoms. The highest BCUT2D eigenvalue weighted by Crippen LogP contribution is 2.20. The Hall–Kier alpha value is -0.0800. The Morgan fingerprint density at radius 1 is 1.00 bits per heavy atom. The molecule has 1 heterocycles. The third-order valence-electron chi connectivity index (χ3n) is 4.61. The van der Waals surface area contributed by atoms with Gasteiger partial charge in [-0.15, -0.1) is 0 Å². The predicted octanol–water partition coefficient (Wildman–Crippen LogP) is 3.81. The summed E-state index contributed by atoms with van der Waals surface area (Å²) in [5, 5.41) is 3.79. The van der Waals surface area contributed by atoms with E-state index in [9.17, 15) is 0 Å². The summed E-state index contributed by atoms with van der Waals surface area (Å²) in [6.45, 7) is 12.0. The topological polar surface area (TPSA) is 15.3 Å². The van der Waals surface area contributed by atoms with E-state index in [4.69, 9.17) is 0 Å². The van der Waals surface area contributed by atoms with Gasteiger partial charge in [-0.2, -0.15) is 0 Å². The number of nitrogens with zero attached hydrogens (tertiary/aromatic N) is 1. The predicted molar refractivity (Wildman–Crippen MR) is 81.1 cm³/mol. The van der Waals surface area contributed by atoms with E-state index in [1.54, 1.807) is 0 Å². The molecule has 2 heteroatoms. The van der Waals surface area contributed by atoms with E-state index < -0.39 is 0 Å². The van der Waals surface area contributed by atoms with Crippen LogP contribution in [0.3, 0.4) is 0 Å². The van der Waals surface area contributed by atoms with E-state index >= 15 is 0 Å². The molecule has 0 unspecified atom stereocenters. The molecule has 0 atom stereocenters. The first-order valence-corrected chi connectivity index (χ1v) is 8.23. The van der Waals surface area contributed by atoms with Gasteiger partial charge in [-0.3, -0.25) is 0 Å². The third-order valence-corrected chi connectivity index (χ3v) is 4.61.